The molecule has 0 bridgehead atoms. The highest BCUT2D eigenvalue weighted by Gasteiger charge is 2.04. The van der Waals surface area contributed by atoms with Gasteiger partial charge in [0.05, 0.1) is 12.1 Å². The maximum Gasteiger partial charge on any atom is 0.137 e. The van der Waals surface area contributed by atoms with E-state index in [1.54, 1.807) is 6.07 Å². The minimum absolute atomic E-state index is 0.304. The number of nitrogens with one attached hydrogen (secondary N) is 1. The van der Waals surface area contributed by atoms with Crippen LogP contribution >= 0.6 is 0 Å². The fourth-order valence-electron chi connectivity index (χ4n) is 2.21. The maximum atomic E-state index is 13.4. The smallest absolute Gasteiger partial charge is 0.137 e. The van der Waals surface area contributed by atoms with Crippen molar-refractivity contribution in [3.63, 3.8) is 0 Å². The van der Waals surface area contributed by atoms with Crippen molar-refractivity contribution in [2.75, 3.05) is 18.5 Å². The first-order valence-corrected chi connectivity index (χ1v) is 7.06. The second-order valence-corrected chi connectivity index (χ2v) is 4.98. The standard InChI is InChI=1S/C17H16FN3O/c1-12-3-2-4-14(9-12)22-8-7-19-17-15-10-13(18)5-6-16(15)20-11-21-17/h2-6,9-11H,7-8H2,1H3,(H,19,20,21). The Hall–Kier alpha value is -2.69. The number of aryl methyl sites for hydroxylation is 1. The van der Waals surface area contributed by atoms with Gasteiger partial charge in [0.1, 0.15) is 30.3 Å². The first-order valence-electron chi connectivity index (χ1n) is 7.06. The van der Waals surface area contributed by atoms with Crippen molar-refractivity contribution in [2.45, 2.75) is 6.92 Å². The van der Waals surface area contributed by atoms with E-state index in [-0.39, 0.29) is 5.82 Å². The Labute approximate surface area is 128 Å². The molecule has 0 aliphatic carbocycles. The van der Waals surface area contributed by atoms with Crippen LogP contribution in [-0.4, -0.2) is 23.1 Å². The number of hydrogen-bond acceptors (Lipinski definition) is 4. The van der Waals surface area contributed by atoms with Crippen molar-refractivity contribution >= 4 is 16.7 Å². The van der Waals surface area contributed by atoms with Gasteiger partial charge >= 0.3 is 0 Å². The normalized spacial score (nSPS) is 10.6. The van der Waals surface area contributed by atoms with Crippen molar-refractivity contribution in [3.8, 4) is 5.75 Å². The number of rotatable bonds is 5. The molecule has 5 heteroatoms. The van der Waals surface area contributed by atoms with Gasteiger partial charge in [-0.3, -0.25) is 0 Å². The summed E-state index contributed by atoms with van der Waals surface area (Å²) in [6.07, 6.45) is 1.46. The van der Waals surface area contributed by atoms with Gasteiger partial charge in [0.2, 0.25) is 0 Å². The predicted octanol–water partition coefficient (Wildman–Crippen LogP) is 3.57. The summed E-state index contributed by atoms with van der Waals surface area (Å²) >= 11 is 0. The van der Waals surface area contributed by atoms with E-state index in [0.29, 0.717) is 29.9 Å². The van der Waals surface area contributed by atoms with Gasteiger partial charge in [-0.25, -0.2) is 14.4 Å². The van der Waals surface area contributed by atoms with Crippen molar-refractivity contribution in [1.82, 2.24) is 9.97 Å². The highest BCUT2D eigenvalue weighted by Crippen LogP contribution is 2.20. The molecule has 0 aliphatic heterocycles. The topological polar surface area (TPSA) is 47.0 Å². The lowest BCUT2D eigenvalue weighted by Crippen LogP contribution is -2.12. The summed E-state index contributed by atoms with van der Waals surface area (Å²) in [5, 5.41) is 3.82. The van der Waals surface area contributed by atoms with E-state index in [2.05, 4.69) is 15.3 Å². The van der Waals surface area contributed by atoms with E-state index in [1.165, 1.54) is 18.5 Å². The van der Waals surface area contributed by atoms with Crippen LogP contribution < -0.4 is 10.1 Å². The van der Waals surface area contributed by atoms with Crippen LogP contribution in [0.15, 0.2) is 48.8 Å². The summed E-state index contributed by atoms with van der Waals surface area (Å²) in [5.41, 5.74) is 1.86. The molecule has 2 aromatic carbocycles. The Morgan fingerprint density at radius 3 is 2.91 bits per heavy atom. The summed E-state index contributed by atoms with van der Waals surface area (Å²) < 4.78 is 19.0. The lowest BCUT2D eigenvalue weighted by molar-refractivity contribution is 0.332. The average Bonchev–Trinajstić information content (AvgIpc) is 2.52. The number of nitrogens with zero attached hydrogens (tertiary/aromatic N) is 2. The molecule has 1 heterocycles. The van der Waals surface area contributed by atoms with Crippen LogP contribution in [0.1, 0.15) is 5.56 Å². The van der Waals surface area contributed by atoms with E-state index in [4.69, 9.17) is 4.74 Å². The third-order valence-corrected chi connectivity index (χ3v) is 3.25. The van der Waals surface area contributed by atoms with Crippen molar-refractivity contribution < 1.29 is 9.13 Å². The molecule has 112 valence electrons. The fourth-order valence-corrected chi connectivity index (χ4v) is 2.21. The molecule has 3 rings (SSSR count). The van der Waals surface area contributed by atoms with Gasteiger partial charge in [0, 0.05) is 5.39 Å². The second kappa shape index (κ2) is 6.39. The molecule has 0 atom stereocenters. The third kappa shape index (κ3) is 3.31. The average molecular weight is 297 g/mol. The predicted molar refractivity (Wildman–Crippen MR) is 84.7 cm³/mol. The zero-order valence-corrected chi connectivity index (χ0v) is 12.2. The SMILES string of the molecule is Cc1cccc(OCCNc2ncnc3ccc(F)cc23)c1. The van der Waals surface area contributed by atoms with E-state index in [0.717, 1.165) is 11.3 Å². The zero-order valence-electron chi connectivity index (χ0n) is 12.2. The summed E-state index contributed by atoms with van der Waals surface area (Å²) in [6.45, 7) is 3.08. The maximum absolute atomic E-state index is 13.4. The number of benzene rings is 2. The monoisotopic (exact) mass is 297 g/mol. The molecule has 4 nitrogen and oxygen atoms in total. The van der Waals surface area contributed by atoms with Gasteiger partial charge in [-0.05, 0) is 42.8 Å². The van der Waals surface area contributed by atoms with Crippen LogP contribution in [0.3, 0.4) is 0 Å². The minimum Gasteiger partial charge on any atom is -0.492 e. The highest BCUT2D eigenvalue weighted by molar-refractivity contribution is 5.88. The Bertz CT molecular complexity index is 792. The van der Waals surface area contributed by atoms with Crippen LogP contribution in [0.25, 0.3) is 10.9 Å². The molecule has 1 N–H and O–H groups in total. The lowest BCUT2D eigenvalue weighted by Gasteiger charge is -2.10. The molecular weight excluding hydrogens is 281 g/mol. The molecule has 0 radical (unpaired) electrons. The van der Waals surface area contributed by atoms with Gasteiger partial charge < -0.3 is 10.1 Å². The molecule has 0 spiro atoms. The van der Waals surface area contributed by atoms with Crippen LogP contribution in [0.2, 0.25) is 0 Å². The zero-order chi connectivity index (χ0) is 15.4. The number of anilines is 1. The second-order valence-electron chi connectivity index (χ2n) is 4.98. The van der Waals surface area contributed by atoms with Gasteiger partial charge in [-0.1, -0.05) is 12.1 Å². The molecule has 0 saturated heterocycles. The number of hydrogen-bond donors (Lipinski definition) is 1. The number of ether oxygens (including phenoxy) is 1. The Morgan fingerprint density at radius 2 is 2.05 bits per heavy atom. The van der Waals surface area contributed by atoms with Crippen LogP contribution in [-0.2, 0) is 0 Å². The van der Waals surface area contributed by atoms with Crippen molar-refractivity contribution in [3.05, 3.63) is 60.2 Å². The Balaban J connectivity index is 1.63. The van der Waals surface area contributed by atoms with Crippen LogP contribution in [0.4, 0.5) is 10.2 Å². The first-order chi connectivity index (χ1) is 10.7. The summed E-state index contributed by atoms with van der Waals surface area (Å²) in [4.78, 5) is 8.28. The van der Waals surface area contributed by atoms with Gasteiger partial charge in [0.25, 0.3) is 0 Å². The van der Waals surface area contributed by atoms with E-state index in [1.807, 2.05) is 31.2 Å². The number of aromatic nitrogens is 2. The molecular formula is C17H16FN3O. The van der Waals surface area contributed by atoms with Gasteiger partial charge in [0.15, 0.2) is 0 Å². The van der Waals surface area contributed by atoms with Crippen LogP contribution in [0, 0.1) is 12.7 Å². The molecule has 3 aromatic rings. The molecule has 0 amide bonds. The summed E-state index contributed by atoms with van der Waals surface area (Å²) in [7, 11) is 0. The molecule has 22 heavy (non-hydrogen) atoms. The first kappa shape index (κ1) is 14.3. The minimum atomic E-state index is -0.304. The van der Waals surface area contributed by atoms with E-state index < -0.39 is 0 Å². The molecule has 1 aromatic heterocycles. The molecule has 0 fully saturated rings. The van der Waals surface area contributed by atoms with Crippen molar-refractivity contribution in [2.24, 2.45) is 0 Å². The van der Waals surface area contributed by atoms with Gasteiger partial charge in [-0.2, -0.15) is 0 Å². The van der Waals surface area contributed by atoms with Gasteiger partial charge in [-0.15, -0.1) is 0 Å². The Kier molecular flexibility index (Phi) is 4.14. The summed E-state index contributed by atoms with van der Waals surface area (Å²) in [5.74, 6) is 1.14. The largest absolute Gasteiger partial charge is 0.492 e. The van der Waals surface area contributed by atoms with Crippen LogP contribution in [0.5, 0.6) is 5.75 Å². The fraction of sp³-hybridized carbons (Fsp3) is 0.176. The lowest BCUT2D eigenvalue weighted by atomic mass is 10.2. The van der Waals surface area contributed by atoms with E-state index >= 15 is 0 Å². The third-order valence-electron chi connectivity index (χ3n) is 3.25. The molecule has 0 unspecified atom stereocenters. The molecule has 0 aliphatic rings. The molecule has 0 saturated carbocycles. The number of fused-ring (bicyclic) bond motifs is 1. The van der Waals surface area contributed by atoms with Crippen molar-refractivity contribution in [1.29, 1.82) is 0 Å². The quantitative estimate of drug-likeness (QED) is 0.731. The number of halogens is 1. The Morgan fingerprint density at radius 1 is 1.14 bits per heavy atom. The van der Waals surface area contributed by atoms with E-state index in [9.17, 15) is 4.39 Å². The summed E-state index contributed by atoms with van der Waals surface area (Å²) in [6, 6.07) is 12.3. The highest BCUT2D eigenvalue weighted by atomic mass is 19.1.